The average Bonchev–Trinajstić information content (AvgIpc) is 3.11. The van der Waals surface area contributed by atoms with Crippen LogP contribution in [0.1, 0.15) is 18.1 Å². The summed E-state index contributed by atoms with van der Waals surface area (Å²) in [5, 5.41) is 1.92. The number of rotatable bonds is 9. The van der Waals surface area contributed by atoms with Crippen molar-refractivity contribution in [2.45, 2.75) is 13.5 Å². The van der Waals surface area contributed by atoms with Crippen LogP contribution in [0.4, 0.5) is 14.9 Å². The standard InChI is InChI=1S/C27H23FN2O5S/c1-2-34-23-13-19(11-12-22(23)35-17-18-7-4-3-5-8-18)14-24-26(32)30(27(33)36-24)16-25(31)29-21-10-6-9-20(28)15-21/h3-15H,2,16-17H2,1H3,(H,29,31)/b24-14+. The Morgan fingerprint density at radius 3 is 2.56 bits per heavy atom. The third-order valence-corrected chi connectivity index (χ3v) is 5.99. The van der Waals surface area contributed by atoms with Crippen molar-refractivity contribution >= 4 is 40.6 Å². The lowest BCUT2D eigenvalue weighted by Gasteiger charge is -2.13. The van der Waals surface area contributed by atoms with Crippen LogP contribution in [0.15, 0.2) is 77.7 Å². The number of nitrogens with zero attached hydrogens (tertiary/aromatic N) is 1. The summed E-state index contributed by atoms with van der Waals surface area (Å²) in [7, 11) is 0. The lowest BCUT2D eigenvalue weighted by molar-refractivity contribution is -0.127. The molecule has 0 bridgehead atoms. The molecule has 3 aromatic rings. The second-order valence-corrected chi connectivity index (χ2v) is 8.73. The maximum absolute atomic E-state index is 13.3. The number of anilines is 1. The van der Waals surface area contributed by atoms with Gasteiger partial charge in [-0.2, -0.15) is 0 Å². The van der Waals surface area contributed by atoms with Crippen LogP contribution in [-0.4, -0.2) is 35.1 Å². The Labute approximate surface area is 211 Å². The number of ether oxygens (including phenoxy) is 2. The Morgan fingerprint density at radius 2 is 1.81 bits per heavy atom. The number of nitrogens with one attached hydrogen (secondary N) is 1. The van der Waals surface area contributed by atoms with E-state index in [4.69, 9.17) is 9.47 Å². The summed E-state index contributed by atoms with van der Waals surface area (Å²) in [5.74, 6) is -0.634. The van der Waals surface area contributed by atoms with Crippen molar-refractivity contribution in [3.63, 3.8) is 0 Å². The van der Waals surface area contributed by atoms with Crippen molar-refractivity contribution in [2.24, 2.45) is 0 Å². The molecule has 184 valence electrons. The molecule has 0 saturated carbocycles. The number of thioether (sulfide) groups is 1. The number of halogens is 1. The minimum atomic E-state index is -0.609. The maximum atomic E-state index is 13.3. The molecule has 1 saturated heterocycles. The fourth-order valence-corrected chi connectivity index (χ4v) is 4.27. The third kappa shape index (κ3) is 6.31. The van der Waals surface area contributed by atoms with Crippen LogP contribution in [0.3, 0.4) is 0 Å². The van der Waals surface area contributed by atoms with Gasteiger partial charge in [-0.05, 0) is 66.2 Å². The number of hydrogen-bond donors (Lipinski definition) is 1. The average molecular weight is 507 g/mol. The van der Waals surface area contributed by atoms with Gasteiger partial charge in [-0.25, -0.2) is 4.39 Å². The molecule has 0 radical (unpaired) electrons. The zero-order valence-corrected chi connectivity index (χ0v) is 20.2. The number of carbonyl (C=O) groups excluding carboxylic acids is 3. The molecule has 1 N–H and O–H groups in total. The Morgan fingerprint density at radius 1 is 1.00 bits per heavy atom. The van der Waals surface area contributed by atoms with E-state index in [0.717, 1.165) is 28.3 Å². The van der Waals surface area contributed by atoms with E-state index in [1.54, 1.807) is 24.3 Å². The fourth-order valence-electron chi connectivity index (χ4n) is 3.44. The molecule has 1 fully saturated rings. The van der Waals surface area contributed by atoms with Crippen molar-refractivity contribution in [3.05, 3.63) is 94.6 Å². The minimum Gasteiger partial charge on any atom is -0.490 e. The Hall–Kier alpha value is -4.11. The fraction of sp³-hybridized carbons (Fsp3) is 0.148. The highest BCUT2D eigenvalue weighted by atomic mass is 32.2. The maximum Gasteiger partial charge on any atom is 0.294 e. The molecule has 4 rings (SSSR count). The van der Waals surface area contributed by atoms with E-state index in [1.807, 2.05) is 37.3 Å². The van der Waals surface area contributed by atoms with Crippen molar-refractivity contribution in [2.75, 3.05) is 18.5 Å². The number of carbonyl (C=O) groups is 3. The summed E-state index contributed by atoms with van der Waals surface area (Å²) in [6, 6.07) is 20.3. The van der Waals surface area contributed by atoms with E-state index >= 15 is 0 Å². The first-order valence-electron chi connectivity index (χ1n) is 11.2. The van der Waals surface area contributed by atoms with Gasteiger partial charge in [-0.15, -0.1) is 0 Å². The molecule has 1 aliphatic heterocycles. The molecule has 0 atom stereocenters. The van der Waals surface area contributed by atoms with E-state index < -0.39 is 29.4 Å². The molecule has 7 nitrogen and oxygen atoms in total. The quantitative estimate of drug-likeness (QED) is 0.387. The van der Waals surface area contributed by atoms with Crippen LogP contribution < -0.4 is 14.8 Å². The number of hydrogen-bond acceptors (Lipinski definition) is 6. The first kappa shape index (κ1) is 25.0. The Kier molecular flexibility index (Phi) is 8.02. The molecule has 0 unspecified atom stereocenters. The second kappa shape index (κ2) is 11.5. The predicted octanol–water partition coefficient (Wildman–Crippen LogP) is 5.48. The second-order valence-electron chi connectivity index (χ2n) is 7.74. The predicted molar refractivity (Wildman–Crippen MR) is 136 cm³/mol. The van der Waals surface area contributed by atoms with E-state index in [9.17, 15) is 18.8 Å². The van der Waals surface area contributed by atoms with Gasteiger partial charge in [0.2, 0.25) is 5.91 Å². The van der Waals surface area contributed by atoms with Gasteiger partial charge < -0.3 is 14.8 Å². The highest BCUT2D eigenvalue weighted by molar-refractivity contribution is 8.18. The zero-order valence-electron chi connectivity index (χ0n) is 19.4. The summed E-state index contributed by atoms with van der Waals surface area (Å²) >= 11 is 0.745. The Balaban J connectivity index is 1.44. The van der Waals surface area contributed by atoms with E-state index in [0.29, 0.717) is 30.3 Å². The zero-order chi connectivity index (χ0) is 25.5. The van der Waals surface area contributed by atoms with Crippen LogP contribution in [0, 0.1) is 5.82 Å². The molecule has 36 heavy (non-hydrogen) atoms. The van der Waals surface area contributed by atoms with E-state index in [-0.39, 0.29) is 10.6 Å². The number of imide groups is 1. The summed E-state index contributed by atoms with van der Waals surface area (Å²) in [6.45, 7) is 2.17. The summed E-state index contributed by atoms with van der Waals surface area (Å²) in [6.07, 6.45) is 1.57. The highest BCUT2D eigenvalue weighted by Crippen LogP contribution is 2.35. The van der Waals surface area contributed by atoms with Crippen molar-refractivity contribution in [3.8, 4) is 11.5 Å². The topological polar surface area (TPSA) is 84.9 Å². The summed E-state index contributed by atoms with van der Waals surface area (Å²) in [5.41, 5.74) is 1.89. The molecule has 3 amide bonds. The van der Waals surface area contributed by atoms with Gasteiger partial charge in [0.15, 0.2) is 11.5 Å². The minimum absolute atomic E-state index is 0.180. The van der Waals surface area contributed by atoms with Crippen molar-refractivity contribution < 1.29 is 28.2 Å². The van der Waals surface area contributed by atoms with Crippen LogP contribution in [0.5, 0.6) is 11.5 Å². The van der Waals surface area contributed by atoms with Gasteiger partial charge in [0.05, 0.1) is 11.5 Å². The van der Waals surface area contributed by atoms with Gasteiger partial charge in [-0.1, -0.05) is 42.5 Å². The molecule has 1 heterocycles. The van der Waals surface area contributed by atoms with Gasteiger partial charge >= 0.3 is 0 Å². The molecular weight excluding hydrogens is 483 g/mol. The van der Waals surface area contributed by atoms with Crippen LogP contribution in [0.25, 0.3) is 6.08 Å². The first-order chi connectivity index (χ1) is 17.4. The highest BCUT2D eigenvalue weighted by Gasteiger charge is 2.36. The SMILES string of the molecule is CCOc1cc(/C=C2/SC(=O)N(CC(=O)Nc3cccc(F)c3)C2=O)ccc1OCc1ccccc1. The van der Waals surface area contributed by atoms with Gasteiger partial charge in [0.25, 0.3) is 11.1 Å². The lowest BCUT2D eigenvalue weighted by Crippen LogP contribution is -2.36. The molecule has 1 aliphatic rings. The molecule has 3 aromatic carbocycles. The van der Waals surface area contributed by atoms with Crippen LogP contribution in [-0.2, 0) is 16.2 Å². The third-order valence-electron chi connectivity index (χ3n) is 5.09. The molecule has 0 aromatic heterocycles. The first-order valence-corrected chi connectivity index (χ1v) is 12.0. The molecule has 0 aliphatic carbocycles. The summed E-state index contributed by atoms with van der Waals surface area (Å²) < 4.78 is 25.0. The van der Waals surface area contributed by atoms with Gasteiger partial charge in [0.1, 0.15) is 19.0 Å². The summed E-state index contributed by atoms with van der Waals surface area (Å²) in [4.78, 5) is 38.6. The number of benzene rings is 3. The van der Waals surface area contributed by atoms with Crippen molar-refractivity contribution in [1.29, 1.82) is 0 Å². The Bertz CT molecular complexity index is 1310. The van der Waals surface area contributed by atoms with E-state index in [1.165, 1.54) is 18.2 Å². The lowest BCUT2D eigenvalue weighted by atomic mass is 10.1. The molecule has 0 spiro atoms. The number of amides is 3. The molecule has 9 heteroatoms. The van der Waals surface area contributed by atoms with Crippen LogP contribution >= 0.6 is 11.8 Å². The van der Waals surface area contributed by atoms with E-state index in [2.05, 4.69) is 5.32 Å². The van der Waals surface area contributed by atoms with Crippen LogP contribution in [0.2, 0.25) is 0 Å². The monoisotopic (exact) mass is 506 g/mol. The molecular formula is C27H23FN2O5S. The van der Waals surface area contributed by atoms with Gasteiger partial charge in [0, 0.05) is 5.69 Å². The largest absolute Gasteiger partial charge is 0.490 e. The smallest absolute Gasteiger partial charge is 0.294 e. The van der Waals surface area contributed by atoms with Crippen molar-refractivity contribution in [1.82, 2.24) is 4.90 Å². The van der Waals surface area contributed by atoms with Gasteiger partial charge in [-0.3, -0.25) is 19.3 Å². The normalized spacial score (nSPS) is 14.3.